The third-order valence-corrected chi connectivity index (χ3v) is 2.45. The Morgan fingerprint density at radius 2 is 2.23 bits per heavy atom. The number of nitrogens with zero attached hydrogens (tertiary/aromatic N) is 3. The van der Waals surface area contributed by atoms with Crippen molar-refractivity contribution in [3.8, 4) is 0 Å². The fraction of sp³-hybridized carbons (Fsp3) is 0.778. The molecule has 1 aliphatic rings. The minimum absolute atomic E-state index is 0.422. The topological polar surface area (TPSA) is 56.7 Å². The summed E-state index contributed by atoms with van der Waals surface area (Å²) in [5.41, 5.74) is 7.89. The summed E-state index contributed by atoms with van der Waals surface area (Å²) in [5.74, 6) is 0.422. The molecule has 0 spiro atoms. The van der Waals surface area contributed by atoms with Gasteiger partial charge in [-0.1, -0.05) is 19.1 Å². The lowest BCUT2D eigenvalue weighted by atomic mass is 10.1. The predicted octanol–water partition coefficient (Wildman–Crippen LogP) is 1.20. The highest BCUT2D eigenvalue weighted by Crippen LogP contribution is 2.36. The van der Waals surface area contributed by atoms with Gasteiger partial charge in [-0.2, -0.15) is 0 Å². The van der Waals surface area contributed by atoms with Crippen LogP contribution in [0.2, 0.25) is 0 Å². The van der Waals surface area contributed by atoms with Crippen molar-refractivity contribution in [2.45, 2.75) is 45.2 Å². The molecular weight excluding hydrogens is 164 g/mol. The standard InChI is InChI=1S/C9H16N4/c1-6(2)9-8(5-10)13(12-11-9)7-3-4-7/h6-7H,3-5,10H2,1-2H3. The SMILES string of the molecule is CC(C)c1nnn(C2CC2)c1CN. The molecule has 1 aliphatic carbocycles. The summed E-state index contributed by atoms with van der Waals surface area (Å²) < 4.78 is 2.01. The summed E-state index contributed by atoms with van der Waals surface area (Å²) in [6, 6.07) is 0.582. The van der Waals surface area contributed by atoms with Gasteiger partial charge in [-0.05, 0) is 18.8 Å². The van der Waals surface area contributed by atoms with Crippen molar-refractivity contribution < 1.29 is 0 Å². The molecule has 2 N–H and O–H groups in total. The normalized spacial score (nSPS) is 16.9. The summed E-state index contributed by atoms with van der Waals surface area (Å²) in [6.45, 7) is 4.80. The highest BCUT2D eigenvalue weighted by molar-refractivity contribution is 5.15. The van der Waals surface area contributed by atoms with E-state index in [0.717, 1.165) is 11.4 Å². The Bertz CT molecular complexity index is 279. The van der Waals surface area contributed by atoms with Crippen LogP contribution >= 0.6 is 0 Å². The van der Waals surface area contributed by atoms with Gasteiger partial charge in [-0.15, -0.1) is 5.10 Å². The Morgan fingerprint density at radius 3 is 2.69 bits per heavy atom. The molecule has 1 saturated carbocycles. The smallest absolute Gasteiger partial charge is 0.0897 e. The maximum absolute atomic E-state index is 5.70. The van der Waals surface area contributed by atoms with E-state index in [4.69, 9.17) is 5.73 Å². The van der Waals surface area contributed by atoms with Crippen molar-refractivity contribution in [1.29, 1.82) is 0 Å². The first-order chi connectivity index (χ1) is 6.24. The van der Waals surface area contributed by atoms with Crippen molar-refractivity contribution >= 4 is 0 Å². The number of hydrogen-bond acceptors (Lipinski definition) is 3. The number of nitrogens with two attached hydrogens (primary N) is 1. The number of hydrogen-bond donors (Lipinski definition) is 1. The fourth-order valence-corrected chi connectivity index (χ4v) is 1.58. The lowest BCUT2D eigenvalue weighted by Gasteiger charge is -2.05. The molecule has 0 atom stereocenters. The maximum Gasteiger partial charge on any atom is 0.0897 e. The molecule has 0 amide bonds. The lowest BCUT2D eigenvalue weighted by Crippen LogP contribution is -2.09. The second kappa shape index (κ2) is 3.10. The molecule has 1 aromatic rings. The molecule has 0 bridgehead atoms. The van der Waals surface area contributed by atoms with Gasteiger partial charge in [0.1, 0.15) is 0 Å². The van der Waals surface area contributed by atoms with Crippen LogP contribution in [-0.4, -0.2) is 15.0 Å². The number of rotatable bonds is 3. The molecule has 4 nitrogen and oxygen atoms in total. The second-order valence-electron chi connectivity index (χ2n) is 3.96. The van der Waals surface area contributed by atoms with E-state index in [2.05, 4.69) is 24.2 Å². The van der Waals surface area contributed by atoms with Crippen LogP contribution in [0.4, 0.5) is 0 Å². The van der Waals surface area contributed by atoms with Crippen LogP contribution in [-0.2, 0) is 6.54 Å². The summed E-state index contributed by atoms with van der Waals surface area (Å²) in [4.78, 5) is 0. The summed E-state index contributed by atoms with van der Waals surface area (Å²) in [7, 11) is 0. The van der Waals surface area contributed by atoms with E-state index in [0.29, 0.717) is 18.5 Å². The van der Waals surface area contributed by atoms with Gasteiger partial charge in [0.2, 0.25) is 0 Å². The highest BCUT2D eigenvalue weighted by Gasteiger charge is 2.28. The van der Waals surface area contributed by atoms with Crippen molar-refractivity contribution in [3.05, 3.63) is 11.4 Å². The van der Waals surface area contributed by atoms with E-state index in [1.165, 1.54) is 12.8 Å². The molecule has 1 heterocycles. The average molecular weight is 180 g/mol. The molecule has 4 heteroatoms. The third-order valence-electron chi connectivity index (χ3n) is 2.45. The maximum atomic E-state index is 5.70. The molecule has 0 saturated heterocycles. The summed E-state index contributed by atoms with van der Waals surface area (Å²) in [5, 5.41) is 8.34. The van der Waals surface area contributed by atoms with Gasteiger partial charge >= 0.3 is 0 Å². The zero-order valence-corrected chi connectivity index (χ0v) is 8.20. The molecule has 1 aromatic heterocycles. The zero-order valence-electron chi connectivity index (χ0n) is 8.20. The van der Waals surface area contributed by atoms with Crippen molar-refractivity contribution in [1.82, 2.24) is 15.0 Å². The van der Waals surface area contributed by atoms with Gasteiger partial charge in [-0.3, -0.25) is 0 Å². The van der Waals surface area contributed by atoms with Crippen LogP contribution < -0.4 is 5.73 Å². The van der Waals surface area contributed by atoms with Gasteiger partial charge in [0, 0.05) is 6.54 Å². The molecular formula is C9H16N4. The molecule has 0 aromatic carbocycles. The molecule has 1 fully saturated rings. The minimum atomic E-state index is 0.422. The van der Waals surface area contributed by atoms with E-state index >= 15 is 0 Å². The molecule has 0 radical (unpaired) electrons. The summed E-state index contributed by atoms with van der Waals surface area (Å²) >= 11 is 0. The van der Waals surface area contributed by atoms with Crippen molar-refractivity contribution in [2.75, 3.05) is 0 Å². The minimum Gasteiger partial charge on any atom is -0.325 e. The van der Waals surface area contributed by atoms with E-state index in [1.807, 2.05) is 4.68 Å². The van der Waals surface area contributed by atoms with Gasteiger partial charge in [0.25, 0.3) is 0 Å². The molecule has 2 rings (SSSR count). The van der Waals surface area contributed by atoms with E-state index < -0.39 is 0 Å². The van der Waals surface area contributed by atoms with Gasteiger partial charge in [0.15, 0.2) is 0 Å². The van der Waals surface area contributed by atoms with Gasteiger partial charge < -0.3 is 5.73 Å². The van der Waals surface area contributed by atoms with E-state index in [-0.39, 0.29) is 0 Å². The second-order valence-corrected chi connectivity index (χ2v) is 3.96. The largest absolute Gasteiger partial charge is 0.325 e. The highest BCUT2D eigenvalue weighted by atomic mass is 15.5. The number of aromatic nitrogens is 3. The molecule has 0 aliphatic heterocycles. The van der Waals surface area contributed by atoms with E-state index in [9.17, 15) is 0 Å². The predicted molar refractivity (Wildman–Crippen MR) is 50.3 cm³/mol. The Morgan fingerprint density at radius 1 is 1.54 bits per heavy atom. The van der Waals surface area contributed by atoms with E-state index in [1.54, 1.807) is 0 Å². The Kier molecular flexibility index (Phi) is 2.07. The first-order valence-electron chi connectivity index (χ1n) is 4.88. The van der Waals surface area contributed by atoms with Crippen molar-refractivity contribution in [3.63, 3.8) is 0 Å². The Hall–Kier alpha value is -0.900. The van der Waals surface area contributed by atoms with Crippen molar-refractivity contribution in [2.24, 2.45) is 5.73 Å². The zero-order chi connectivity index (χ0) is 9.42. The van der Waals surface area contributed by atoms with Gasteiger partial charge in [0.05, 0.1) is 17.4 Å². The fourth-order valence-electron chi connectivity index (χ4n) is 1.58. The van der Waals surface area contributed by atoms with Gasteiger partial charge in [-0.25, -0.2) is 4.68 Å². The Labute approximate surface area is 78.1 Å². The average Bonchev–Trinajstić information content (AvgIpc) is 2.84. The first kappa shape index (κ1) is 8.69. The molecule has 0 unspecified atom stereocenters. The van der Waals surface area contributed by atoms with Crippen LogP contribution in [0.3, 0.4) is 0 Å². The van der Waals surface area contributed by atoms with Crippen LogP contribution in [0, 0.1) is 0 Å². The quantitative estimate of drug-likeness (QED) is 0.760. The van der Waals surface area contributed by atoms with Crippen LogP contribution in [0.5, 0.6) is 0 Å². The first-order valence-corrected chi connectivity index (χ1v) is 4.88. The van der Waals surface area contributed by atoms with Crippen LogP contribution in [0.15, 0.2) is 0 Å². The van der Waals surface area contributed by atoms with Crippen LogP contribution in [0.1, 0.15) is 50.0 Å². The third kappa shape index (κ3) is 1.46. The Balaban J connectivity index is 2.35. The lowest BCUT2D eigenvalue weighted by molar-refractivity contribution is 0.583. The monoisotopic (exact) mass is 180 g/mol. The molecule has 72 valence electrons. The molecule has 13 heavy (non-hydrogen) atoms. The van der Waals surface area contributed by atoms with Crippen LogP contribution in [0.25, 0.3) is 0 Å². The summed E-state index contributed by atoms with van der Waals surface area (Å²) in [6.07, 6.45) is 2.46.